The topological polar surface area (TPSA) is 34.1 Å². The average Bonchev–Trinajstić information content (AvgIpc) is 2.47. The van der Waals surface area contributed by atoms with Crippen molar-refractivity contribution in [1.29, 1.82) is 0 Å². The molecule has 112 valence electrons. The van der Waals surface area contributed by atoms with Crippen LogP contribution < -0.4 is 10.1 Å². The Hall–Kier alpha value is -1.87. The van der Waals surface area contributed by atoms with Crippen LogP contribution in [0.1, 0.15) is 30.7 Å². The van der Waals surface area contributed by atoms with Crippen molar-refractivity contribution in [2.45, 2.75) is 33.9 Å². The molecule has 3 nitrogen and oxygen atoms in total. The number of ether oxygens (including phenoxy) is 1. The molecule has 0 saturated heterocycles. The Morgan fingerprint density at radius 1 is 1.10 bits per heavy atom. The summed E-state index contributed by atoms with van der Waals surface area (Å²) in [4.78, 5) is 4.25. The maximum atomic E-state index is 5.82. The number of nitrogens with zero attached hydrogens (tertiary/aromatic N) is 1. The van der Waals surface area contributed by atoms with Crippen LogP contribution in [-0.4, -0.2) is 11.5 Å². The van der Waals surface area contributed by atoms with Crippen molar-refractivity contribution in [3.05, 3.63) is 59.4 Å². The van der Waals surface area contributed by atoms with Crippen molar-refractivity contribution < 1.29 is 4.74 Å². The number of nitrogens with one attached hydrogen (secondary N) is 1. The lowest BCUT2D eigenvalue weighted by atomic mass is 10.1. The van der Waals surface area contributed by atoms with Crippen LogP contribution in [0.15, 0.2) is 42.6 Å². The van der Waals surface area contributed by atoms with Gasteiger partial charge >= 0.3 is 0 Å². The lowest BCUT2D eigenvalue weighted by Crippen LogP contribution is -2.20. The summed E-state index contributed by atoms with van der Waals surface area (Å²) < 4.78 is 5.82. The fourth-order valence-electron chi connectivity index (χ4n) is 2.07. The summed E-state index contributed by atoms with van der Waals surface area (Å²) in [5.41, 5.74) is 3.51. The number of hydrogen-bond donors (Lipinski definition) is 1. The quantitative estimate of drug-likeness (QED) is 0.841. The molecule has 1 aromatic carbocycles. The molecule has 0 bridgehead atoms. The zero-order valence-electron chi connectivity index (χ0n) is 13.1. The van der Waals surface area contributed by atoms with Crippen LogP contribution in [0.5, 0.6) is 5.75 Å². The van der Waals surface area contributed by atoms with E-state index in [-0.39, 0.29) is 0 Å². The molecule has 0 aliphatic carbocycles. The first-order valence-corrected chi connectivity index (χ1v) is 7.48. The van der Waals surface area contributed by atoms with Gasteiger partial charge in [-0.05, 0) is 42.6 Å². The Bertz CT molecular complexity index is 549. The maximum Gasteiger partial charge on any atom is 0.138 e. The molecule has 0 fully saturated rings. The Morgan fingerprint density at radius 2 is 1.86 bits per heavy atom. The van der Waals surface area contributed by atoms with E-state index in [1.165, 1.54) is 11.1 Å². The summed E-state index contributed by atoms with van der Waals surface area (Å²) in [7, 11) is 0. The molecular weight excluding hydrogens is 260 g/mol. The fourth-order valence-corrected chi connectivity index (χ4v) is 2.07. The molecule has 2 rings (SSSR count). The van der Waals surface area contributed by atoms with Crippen molar-refractivity contribution in [2.75, 3.05) is 6.54 Å². The maximum absolute atomic E-state index is 5.82. The first-order valence-electron chi connectivity index (χ1n) is 7.48. The van der Waals surface area contributed by atoms with E-state index in [1.807, 2.05) is 19.1 Å². The van der Waals surface area contributed by atoms with Gasteiger partial charge in [0.15, 0.2) is 0 Å². The largest absolute Gasteiger partial charge is 0.487 e. The third-order valence-corrected chi connectivity index (χ3v) is 3.26. The van der Waals surface area contributed by atoms with E-state index in [0.29, 0.717) is 12.5 Å². The molecule has 0 atom stereocenters. The van der Waals surface area contributed by atoms with E-state index < -0.39 is 0 Å². The van der Waals surface area contributed by atoms with Crippen LogP contribution >= 0.6 is 0 Å². The number of pyridine rings is 1. The van der Waals surface area contributed by atoms with Gasteiger partial charge in [-0.15, -0.1) is 0 Å². The lowest BCUT2D eigenvalue weighted by molar-refractivity contribution is 0.303. The Kier molecular flexibility index (Phi) is 5.76. The third kappa shape index (κ3) is 5.20. The number of aryl methyl sites for hydroxylation is 1. The molecule has 1 aromatic heterocycles. The smallest absolute Gasteiger partial charge is 0.138 e. The molecule has 0 saturated carbocycles. The number of aromatic nitrogens is 1. The van der Waals surface area contributed by atoms with Gasteiger partial charge in [0, 0.05) is 12.2 Å². The predicted octanol–water partition coefficient (Wildman–Crippen LogP) is 3.71. The van der Waals surface area contributed by atoms with Crippen molar-refractivity contribution >= 4 is 0 Å². The summed E-state index contributed by atoms with van der Waals surface area (Å²) in [5, 5.41) is 3.48. The van der Waals surface area contributed by atoms with Gasteiger partial charge in [0.25, 0.3) is 0 Å². The molecule has 1 N–H and O–H groups in total. The molecule has 0 aliphatic heterocycles. The minimum absolute atomic E-state index is 0.574. The van der Waals surface area contributed by atoms with Crippen LogP contribution in [0.4, 0.5) is 0 Å². The van der Waals surface area contributed by atoms with Crippen LogP contribution in [-0.2, 0) is 13.2 Å². The molecule has 2 aromatic rings. The van der Waals surface area contributed by atoms with Crippen LogP contribution in [0.2, 0.25) is 0 Å². The minimum Gasteiger partial charge on any atom is -0.487 e. The summed E-state index contributed by atoms with van der Waals surface area (Å²) >= 11 is 0. The van der Waals surface area contributed by atoms with Gasteiger partial charge in [-0.3, -0.25) is 4.98 Å². The van der Waals surface area contributed by atoms with Crippen molar-refractivity contribution in [3.63, 3.8) is 0 Å². The zero-order chi connectivity index (χ0) is 15.1. The second-order valence-corrected chi connectivity index (χ2v) is 5.72. The molecule has 21 heavy (non-hydrogen) atoms. The number of hydrogen-bond acceptors (Lipinski definition) is 3. The highest BCUT2D eigenvalue weighted by Gasteiger charge is 2.03. The Labute approximate surface area is 127 Å². The zero-order valence-corrected chi connectivity index (χ0v) is 13.1. The number of rotatable bonds is 7. The van der Waals surface area contributed by atoms with Gasteiger partial charge in [0.1, 0.15) is 12.4 Å². The van der Waals surface area contributed by atoms with E-state index in [9.17, 15) is 0 Å². The van der Waals surface area contributed by atoms with Crippen molar-refractivity contribution in [1.82, 2.24) is 10.3 Å². The molecule has 0 unspecified atom stereocenters. The average molecular weight is 284 g/mol. The highest BCUT2D eigenvalue weighted by Crippen LogP contribution is 2.14. The molecular formula is C18H24N2O. The first-order chi connectivity index (χ1) is 10.1. The summed E-state index contributed by atoms with van der Waals surface area (Å²) in [5.74, 6) is 1.47. The fraction of sp³-hybridized carbons (Fsp3) is 0.389. The summed E-state index contributed by atoms with van der Waals surface area (Å²) in [6, 6.07) is 12.3. The summed E-state index contributed by atoms with van der Waals surface area (Å²) in [6.07, 6.45) is 1.77. The Balaban J connectivity index is 1.94. The second kappa shape index (κ2) is 7.79. The van der Waals surface area contributed by atoms with Crippen LogP contribution in [0, 0.1) is 12.8 Å². The predicted molar refractivity (Wildman–Crippen MR) is 86.3 cm³/mol. The summed E-state index contributed by atoms with van der Waals surface area (Å²) in [6.45, 7) is 8.88. The van der Waals surface area contributed by atoms with E-state index in [4.69, 9.17) is 4.74 Å². The van der Waals surface area contributed by atoms with Gasteiger partial charge in [-0.2, -0.15) is 0 Å². The third-order valence-electron chi connectivity index (χ3n) is 3.26. The van der Waals surface area contributed by atoms with Crippen LogP contribution in [0.25, 0.3) is 0 Å². The lowest BCUT2D eigenvalue weighted by Gasteiger charge is -2.13. The molecule has 1 heterocycles. The van der Waals surface area contributed by atoms with Crippen molar-refractivity contribution in [2.24, 2.45) is 5.92 Å². The van der Waals surface area contributed by atoms with Crippen molar-refractivity contribution in [3.8, 4) is 5.75 Å². The van der Waals surface area contributed by atoms with Gasteiger partial charge in [0.2, 0.25) is 0 Å². The first kappa shape index (κ1) is 15.5. The molecule has 0 spiro atoms. The molecule has 0 radical (unpaired) electrons. The minimum atomic E-state index is 0.574. The second-order valence-electron chi connectivity index (χ2n) is 5.72. The molecule has 0 aliphatic rings. The monoisotopic (exact) mass is 284 g/mol. The van der Waals surface area contributed by atoms with E-state index >= 15 is 0 Å². The van der Waals surface area contributed by atoms with Gasteiger partial charge in [-0.25, -0.2) is 0 Å². The normalized spacial score (nSPS) is 10.9. The molecule has 0 amide bonds. The van der Waals surface area contributed by atoms with Gasteiger partial charge in [0.05, 0.1) is 6.20 Å². The van der Waals surface area contributed by atoms with Gasteiger partial charge in [-0.1, -0.05) is 38.1 Å². The number of benzene rings is 1. The van der Waals surface area contributed by atoms with E-state index in [0.717, 1.165) is 24.5 Å². The SMILES string of the molecule is Cc1ccc(OCc2ccccc2CNCC(C)C)cn1. The highest BCUT2D eigenvalue weighted by molar-refractivity contribution is 5.27. The Morgan fingerprint density at radius 3 is 2.52 bits per heavy atom. The molecule has 3 heteroatoms. The van der Waals surface area contributed by atoms with Gasteiger partial charge < -0.3 is 10.1 Å². The van der Waals surface area contributed by atoms with E-state index in [2.05, 4.69) is 48.4 Å². The highest BCUT2D eigenvalue weighted by atomic mass is 16.5. The van der Waals surface area contributed by atoms with Crippen LogP contribution in [0.3, 0.4) is 0 Å². The standard InChI is InChI=1S/C18H24N2O/c1-14(2)10-19-11-16-6-4-5-7-17(16)13-21-18-9-8-15(3)20-12-18/h4-9,12,14,19H,10-11,13H2,1-3H3. The van der Waals surface area contributed by atoms with E-state index in [1.54, 1.807) is 6.20 Å².